The molecule has 17 heavy (non-hydrogen) atoms. The van der Waals surface area contributed by atoms with Crippen LogP contribution in [0.3, 0.4) is 0 Å². The van der Waals surface area contributed by atoms with Gasteiger partial charge in [-0.25, -0.2) is 0 Å². The molecular weight excluding hydrogens is 212 g/mol. The van der Waals surface area contributed by atoms with Crippen molar-refractivity contribution in [1.29, 1.82) is 0 Å². The van der Waals surface area contributed by atoms with Crippen molar-refractivity contribution in [2.24, 2.45) is 5.41 Å². The normalized spacial score (nSPS) is 11.7. The van der Waals surface area contributed by atoms with Gasteiger partial charge in [-0.05, 0) is 24.7 Å². The Balaban J connectivity index is 4.08. The molecule has 0 saturated carbocycles. The van der Waals surface area contributed by atoms with Crippen LogP contribution in [-0.2, 0) is 4.79 Å². The smallest absolute Gasteiger partial charge is 0.303 e. The van der Waals surface area contributed by atoms with Crippen molar-refractivity contribution in [2.45, 2.75) is 85.0 Å². The van der Waals surface area contributed by atoms with Crippen LogP contribution in [0.2, 0.25) is 0 Å². The summed E-state index contributed by atoms with van der Waals surface area (Å²) in [5.41, 5.74) is 0.253. The molecule has 0 aliphatic heterocycles. The third kappa shape index (κ3) is 9.20. The molecule has 0 aromatic rings. The molecule has 0 fully saturated rings. The van der Waals surface area contributed by atoms with Gasteiger partial charge in [0.2, 0.25) is 0 Å². The number of aliphatic carboxylic acids is 1. The molecule has 2 nitrogen and oxygen atoms in total. The van der Waals surface area contributed by atoms with Gasteiger partial charge >= 0.3 is 5.97 Å². The lowest BCUT2D eigenvalue weighted by Crippen LogP contribution is -2.18. The van der Waals surface area contributed by atoms with Gasteiger partial charge in [0, 0.05) is 6.42 Å². The van der Waals surface area contributed by atoms with Gasteiger partial charge in [-0.3, -0.25) is 4.79 Å². The summed E-state index contributed by atoms with van der Waals surface area (Å²) < 4.78 is 0. The van der Waals surface area contributed by atoms with E-state index in [-0.39, 0.29) is 5.41 Å². The summed E-state index contributed by atoms with van der Waals surface area (Å²) in [6.07, 6.45) is 11.1. The van der Waals surface area contributed by atoms with Crippen LogP contribution in [0.4, 0.5) is 0 Å². The van der Waals surface area contributed by atoms with Crippen LogP contribution in [0.15, 0.2) is 0 Å². The van der Waals surface area contributed by atoms with Gasteiger partial charge in [0.15, 0.2) is 0 Å². The Hall–Kier alpha value is -0.530. The molecule has 0 heterocycles. The van der Waals surface area contributed by atoms with Crippen LogP contribution in [0.5, 0.6) is 0 Å². The molecule has 0 aliphatic rings. The first-order chi connectivity index (χ1) is 8.04. The number of hydrogen-bond acceptors (Lipinski definition) is 1. The molecule has 0 rings (SSSR count). The van der Waals surface area contributed by atoms with E-state index in [9.17, 15) is 4.79 Å². The number of unbranched alkanes of at least 4 members (excludes halogenated alkanes) is 4. The molecular formula is C15H30O2. The molecule has 0 radical (unpaired) electrons. The number of carboxylic acid groups (broad SMARTS) is 1. The summed E-state index contributed by atoms with van der Waals surface area (Å²) in [4.78, 5) is 10.7. The van der Waals surface area contributed by atoms with Crippen molar-refractivity contribution < 1.29 is 9.90 Å². The molecule has 0 spiro atoms. The average molecular weight is 242 g/mol. The first-order valence-electron chi connectivity index (χ1n) is 7.26. The molecule has 0 aliphatic carbocycles. The second kappa shape index (κ2) is 9.49. The summed E-state index contributed by atoms with van der Waals surface area (Å²) in [6.45, 7) is 6.71. The lowest BCUT2D eigenvalue weighted by Gasteiger charge is -2.29. The molecule has 102 valence electrons. The predicted molar refractivity (Wildman–Crippen MR) is 73.3 cm³/mol. The van der Waals surface area contributed by atoms with Crippen molar-refractivity contribution in [3.05, 3.63) is 0 Å². The maximum absolute atomic E-state index is 10.7. The zero-order valence-corrected chi connectivity index (χ0v) is 11.9. The number of hydrogen-bond donors (Lipinski definition) is 1. The maximum Gasteiger partial charge on any atom is 0.303 e. The van der Waals surface area contributed by atoms with E-state index in [4.69, 9.17) is 5.11 Å². The van der Waals surface area contributed by atoms with E-state index in [2.05, 4.69) is 20.8 Å². The topological polar surface area (TPSA) is 37.3 Å². The highest BCUT2D eigenvalue weighted by Crippen LogP contribution is 2.35. The first-order valence-corrected chi connectivity index (χ1v) is 7.26. The monoisotopic (exact) mass is 242 g/mol. The minimum Gasteiger partial charge on any atom is -0.481 e. The van der Waals surface area contributed by atoms with Crippen LogP contribution in [0.1, 0.15) is 85.0 Å². The van der Waals surface area contributed by atoms with Crippen LogP contribution < -0.4 is 0 Å². The second-order valence-electron chi connectivity index (χ2n) is 5.62. The Morgan fingerprint density at radius 2 is 1.41 bits per heavy atom. The summed E-state index contributed by atoms with van der Waals surface area (Å²) in [5.74, 6) is -0.651. The van der Waals surface area contributed by atoms with E-state index in [0.717, 1.165) is 6.42 Å². The fourth-order valence-corrected chi connectivity index (χ4v) is 2.39. The largest absolute Gasteiger partial charge is 0.481 e. The average Bonchev–Trinajstić information content (AvgIpc) is 2.27. The van der Waals surface area contributed by atoms with E-state index in [0.29, 0.717) is 6.42 Å². The van der Waals surface area contributed by atoms with Crippen LogP contribution >= 0.6 is 0 Å². The Labute approximate surface area is 107 Å². The van der Waals surface area contributed by atoms with E-state index >= 15 is 0 Å². The van der Waals surface area contributed by atoms with Crippen molar-refractivity contribution in [3.8, 4) is 0 Å². The number of rotatable bonds is 11. The molecule has 2 heteroatoms. The zero-order chi connectivity index (χ0) is 13.1. The van der Waals surface area contributed by atoms with E-state index in [1.165, 1.54) is 51.4 Å². The SMILES string of the molecule is CCCCCC(C)(CCCCC)CCC(=O)O. The van der Waals surface area contributed by atoms with Gasteiger partial charge in [0.25, 0.3) is 0 Å². The molecule has 0 unspecified atom stereocenters. The fourth-order valence-electron chi connectivity index (χ4n) is 2.39. The van der Waals surface area contributed by atoms with E-state index in [1.54, 1.807) is 0 Å². The highest BCUT2D eigenvalue weighted by molar-refractivity contribution is 5.66. The Bertz CT molecular complexity index is 189. The highest BCUT2D eigenvalue weighted by Gasteiger charge is 2.23. The highest BCUT2D eigenvalue weighted by atomic mass is 16.4. The van der Waals surface area contributed by atoms with Crippen molar-refractivity contribution >= 4 is 5.97 Å². The quantitative estimate of drug-likeness (QED) is 0.517. The lowest BCUT2D eigenvalue weighted by molar-refractivity contribution is -0.137. The minimum atomic E-state index is -0.651. The molecule has 0 saturated heterocycles. The standard InChI is InChI=1S/C15H30O2/c1-4-6-8-11-15(3,12-9-7-5-2)13-10-14(16)17/h4-13H2,1-3H3,(H,16,17). The van der Waals surface area contributed by atoms with Gasteiger partial charge < -0.3 is 5.11 Å². The van der Waals surface area contributed by atoms with E-state index in [1.807, 2.05) is 0 Å². The summed E-state index contributed by atoms with van der Waals surface area (Å²) in [6, 6.07) is 0. The minimum absolute atomic E-state index is 0.253. The molecule has 0 amide bonds. The summed E-state index contributed by atoms with van der Waals surface area (Å²) in [5, 5.41) is 8.82. The van der Waals surface area contributed by atoms with Crippen molar-refractivity contribution in [2.75, 3.05) is 0 Å². The second-order valence-corrected chi connectivity index (χ2v) is 5.62. The Morgan fingerprint density at radius 1 is 0.941 bits per heavy atom. The molecule has 0 bridgehead atoms. The van der Waals surface area contributed by atoms with Gasteiger partial charge in [-0.1, -0.05) is 59.3 Å². The fraction of sp³-hybridized carbons (Fsp3) is 0.933. The van der Waals surface area contributed by atoms with Crippen LogP contribution in [-0.4, -0.2) is 11.1 Å². The van der Waals surface area contributed by atoms with Crippen molar-refractivity contribution in [1.82, 2.24) is 0 Å². The third-order valence-corrected chi connectivity index (χ3v) is 3.71. The van der Waals surface area contributed by atoms with Crippen molar-refractivity contribution in [3.63, 3.8) is 0 Å². The van der Waals surface area contributed by atoms with Crippen LogP contribution in [0.25, 0.3) is 0 Å². The number of carboxylic acids is 1. The van der Waals surface area contributed by atoms with Gasteiger partial charge in [-0.2, -0.15) is 0 Å². The summed E-state index contributed by atoms with van der Waals surface area (Å²) >= 11 is 0. The van der Waals surface area contributed by atoms with Gasteiger partial charge in [-0.15, -0.1) is 0 Å². The number of carbonyl (C=O) groups is 1. The third-order valence-electron chi connectivity index (χ3n) is 3.71. The summed E-state index contributed by atoms with van der Waals surface area (Å²) in [7, 11) is 0. The zero-order valence-electron chi connectivity index (χ0n) is 11.9. The molecule has 0 aromatic carbocycles. The first kappa shape index (κ1) is 16.5. The predicted octanol–water partition coefficient (Wildman–Crippen LogP) is 5.02. The molecule has 0 atom stereocenters. The Kier molecular flexibility index (Phi) is 9.20. The van der Waals surface area contributed by atoms with Gasteiger partial charge in [0.05, 0.1) is 0 Å². The van der Waals surface area contributed by atoms with Gasteiger partial charge in [0.1, 0.15) is 0 Å². The lowest BCUT2D eigenvalue weighted by atomic mass is 9.76. The molecule has 0 aromatic heterocycles. The van der Waals surface area contributed by atoms with E-state index < -0.39 is 5.97 Å². The Morgan fingerprint density at radius 3 is 1.76 bits per heavy atom. The van der Waals surface area contributed by atoms with Crippen LogP contribution in [0, 0.1) is 5.41 Å². The molecule has 1 N–H and O–H groups in total. The maximum atomic E-state index is 10.7.